The fourth-order valence-corrected chi connectivity index (χ4v) is 0.709. The third-order valence-corrected chi connectivity index (χ3v) is 1.22. The minimum Gasteiger partial charge on any atom is -1.00 e. The lowest BCUT2D eigenvalue weighted by Gasteiger charge is -1.96. The number of hydrazine groups is 1. The summed E-state index contributed by atoms with van der Waals surface area (Å²) in [6.45, 7) is 0. The van der Waals surface area contributed by atoms with Crippen molar-refractivity contribution in [1.82, 2.24) is 0 Å². The van der Waals surface area contributed by atoms with E-state index in [1.165, 1.54) is 12.1 Å². The van der Waals surface area contributed by atoms with Crippen molar-refractivity contribution in [3.8, 4) is 0 Å². The van der Waals surface area contributed by atoms with Gasteiger partial charge in [0.05, 0.1) is 10.6 Å². The van der Waals surface area contributed by atoms with Crippen molar-refractivity contribution in [3.05, 3.63) is 34.4 Å². The lowest BCUT2D eigenvalue weighted by Crippen LogP contribution is -3.00. The molecule has 5 nitrogen and oxygen atoms in total. The fourth-order valence-electron chi connectivity index (χ4n) is 0.709. The lowest BCUT2D eigenvalue weighted by atomic mass is 10.3. The maximum atomic E-state index is 10.2. The molecule has 0 aliphatic heterocycles. The van der Waals surface area contributed by atoms with Gasteiger partial charge in [0.15, 0.2) is 0 Å². The number of nitrogen functional groups attached to an aromatic ring is 1. The highest BCUT2D eigenvalue weighted by molar-refractivity contribution is 5.49. The number of non-ortho nitro benzene ring substituents is 1. The second-order valence-electron chi connectivity index (χ2n) is 1.95. The molecular weight excluding hydrogens is 182 g/mol. The molecule has 0 unspecified atom stereocenters. The minimum atomic E-state index is -0.471. The Bertz CT molecular complexity index is 279. The first-order valence-corrected chi connectivity index (χ1v) is 2.95. The number of hydrogen-bond acceptors (Lipinski definition) is 4. The Morgan fingerprint density at radius 2 is 2.17 bits per heavy atom. The van der Waals surface area contributed by atoms with Crippen LogP contribution in [-0.2, 0) is 0 Å². The number of nitrogens with zero attached hydrogens (tertiary/aromatic N) is 1. The summed E-state index contributed by atoms with van der Waals surface area (Å²) in [5.41, 5.74) is 2.87. The standard InChI is InChI=1S/C6H7N3O2.ClH/c7-8-5-2-1-3-6(4-5)9(10)11;/h1-4,8H,7H2;1H/p-1. The quantitative estimate of drug-likeness (QED) is 0.316. The normalized spacial score (nSPS) is 8.42. The van der Waals surface area contributed by atoms with E-state index in [4.69, 9.17) is 5.84 Å². The Morgan fingerprint density at radius 3 is 2.67 bits per heavy atom. The Morgan fingerprint density at radius 1 is 1.50 bits per heavy atom. The zero-order valence-electron chi connectivity index (χ0n) is 6.03. The minimum absolute atomic E-state index is 0. The largest absolute Gasteiger partial charge is 1.00 e. The number of anilines is 1. The number of rotatable bonds is 2. The molecule has 0 amide bonds. The highest BCUT2D eigenvalue weighted by Crippen LogP contribution is 2.15. The van der Waals surface area contributed by atoms with Crippen molar-refractivity contribution in [2.24, 2.45) is 5.84 Å². The van der Waals surface area contributed by atoms with E-state index in [2.05, 4.69) is 5.43 Å². The molecule has 0 saturated carbocycles. The molecule has 0 aliphatic carbocycles. The fraction of sp³-hybridized carbons (Fsp3) is 0. The molecule has 0 radical (unpaired) electrons. The van der Waals surface area contributed by atoms with Crippen molar-refractivity contribution < 1.29 is 17.3 Å². The molecule has 12 heavy (non-hydrogen) atoms. The zero-order chi connectivity index (χ0) is 8.27. The highest BCUT2D eigenvalue weighted by Gasteiger charge is 2.03. The summed E-state index contributed by atoms with van der Waals surface area (Å²) >= 11 is 0. The average Bonchev–Trinajstić information content (AvgIpc) is 2.05. The molecule has 3 N–H and O–H groups in total. The Labute approximate surface area is 75.1 Å². The van der Waals surface area contributed by atoms with E-state index < -0.39 is 4.92 Å². The van der Waals surface area contributed by atoms with Gasteiger partial charge in [0.2, 0.25) is 0 Å². The number of nitro benzene ring substituents is 1. The monoisotopic (exact) mass is 188 g/mol. The van der Waals surface area contributed by atoms with E-state index in [1.54, 1.807) is 12.1 Å². The second-order valence-corrected chi connectivity index (χ2v) is 1.95. The smallest absolute Gasteiger partial charge is 0.271 e. The van der Waals surface area contributed by atoms with Gasteiger partial charge in [-0.3, -0.25) is 16.0 Å². The Kier molecular flexibility index (Phi) is 4.03. The van der Waals surface area contributed by atoms with Crippen molar-refractivity contribution in [2.45, 2.75) is 0 Å². The van der Waals surface area contributed by atoms with E-state index in [0.717, 1.165) is 0 Å². The van der Waals surface area contributed by atoms with Crippen LogP contribution in [0.3, 0.4) is 0 Å². The molecule has 0 heterocycles. The van der Waals surface area contributed by atoms with Crippen molar-refractivity contribution in [2.75, 3.05) is 5.43 Å². The van der Waals surface area contributed by atoms with Crippen molar-refractivity contribution in [1.29, 1.82) is 0 Å². The molecule has 1 aromatic carbocycles. The molecule has 66 valence electrons. The predicted octanol–water partition coefficient (Wildman–Crippen LogP) is -2.12. The molecule has 0 aromatic heterocycles. The summed E-state index contributed by atoms with van der Waals surface area (Å²) < 4.78 is 0. The van der Waals surface area contributed by atoms with Crippen LogP contribution < -0.4 is 23.7 Å². The maximum absolute atomic E-state index is 10.2. The van der Waals surface area contributed by atoms with Gasteiger partial charge in [-0.05, 0) is 6.07 Å². The van der Waals surface area contributed by atoms with E-state index in [-0.39, 0.29) is 18.1 Å². The van der Waals surface area contributed by atoms with Gasteiger partial charge in [0.1, 0.15) is 0 Å². The van der Waals surface area contributed by atoms with Crippen LogP contribution in [0.15, 0.2) is 24.3 Å². The van der Waals surface area contributed by atoms with Crippen LogP contribution in [0.25, 0.3) is 0 Å². The number of benzene rings is 1. The van der Waals surface area contributed by atoms with Gasteiger partial charge in [-0.1, -0.05) is 6.07 Å². The number of nitrogens with two attached hydrogens (primary N) is 1. The highest BCUT2D eigenvalue weighted by atomic mass is 35.5. The molecule has 0 bridgehead atoms. The van der Waals surface area contributed by atoms with Crippen molar-refractivity contribution in [3.63, 3.8) is 0 Å². The van der Waals surface area contributed by atoms with Gasteiger partial charge in [0, 0.05) is 12.1 Å². The molecule has 0 atom stereocenters. The second kappa shape index (κ2) is 4.53. The molecule has 0 aliphatic rings. The number of nitro groups is 1. The Hall–Kier alpha value is -1.33. The third kappa shape index (κ3) is 2.37. The zero-order valence-corrected chi connectivity index (χ0v) is 6.78. The van der Waals surface area contributed by atoms with Crippen LogP contribution in [-0.4, -0.2) is 4.92 Å². The van der Waals surface area contributed by atoms with E-state index in [9.17, 15) is 10.1 Å². The summed E-state index contributed by atoms with van der Waals surface area (Å²) in [6, 6.07) is 5.97. The summed E-state index contributed by atoms with van der Waals surface area (Å²) in [5.74, 6) is 5.05. The molecule has 0 saturated heterocycles. The van der Waals surface area contributed by atoms with Gasteiger partial charge in [0.25, 0.3) is 5.69 Å². The maximum Gasteiger partial charge on any atom is 0.271 e. The van der Waals surface area contributed by atoms with E-state index >= 15 is 0 Å². The summed E-state index contributed by atoms with van der Waals surface area (Å²) in [5, 5.41) is 10.2. The SMILES string of the molecule is NNc1cccc([N+](=O)[O-])c1.[Cl-]. The molecular formula is C6H7ClN3O2-. The number of hydrogen-bond donors (Lipinski definition) is 2. The van der Waals surface area contributed by atoms with E-state index in [1.807, 2.05) is 0 Å². The molecule has 0 spiro atoms. The van der Waals surface area contributed by atoms with Crippen LogP contribution in [0.2, 0.25) is 0 Å². The molecule has 0 fully saturated rings. The molecule has 1 rings (SSSR count). The number of halogens is 1. The predicted molar refractivity (Wildman–Crippen MR) is 40.9 cm³/mol. The lowest BCUT2D eigenvalue weighted by molar-refractivity contribution is -0.384. The van der Waals surface area contributed by atoms with Crippen LogP contribution in [0.4, 0.5) is 11.4 Å². The van der Waals surface area contributed by atoms with Crippen LogP contribution >= 0.6 is 0 Å². The first-order valence-electron chi connectivity index (χ1n) is 2.95. The van der Waals surface area contributed by atoms with Gasteiger partial charge in [-0.15, -0.1) is 0 Å². The van der Waals surface area contributed by atoms with Gasteiger partial charge in [-0.2, -0.15) is 0 Å². The van der Waals surface area contributed by atoms with Gasteiger partial charge < -0.3 is 17.8 Å². The third-order valence-electron chi connectivity index (χ3n) is 1.22. The number of nitrogens with one attached hydrogen (secondary N) is 1. The molecule has 6 heteroatoms. The summed E-state index contributed by atoms with van der Waals surface area (Å²) in [4.78, 5) is 9.73. The topological polar surface area (TPSA) is 81.2 Å². The van der Waals surface area contributed by atoms with Crippen molar-refractivity contribution >= 4 is 11.4 Å². The van der Waals surface area contributed by atoms with Crippen LogP contribution in [0.1, 0.15) is 0 Å². The summed E-state index contributed by atoms with van der Waals surface area (Å²) in [7, 11) is 0. The molecule has 1 aromatic rings. The van der Waals surface area contributed by atoms with E-state index in [0.29, 0.717) is 5.69 Å². The van der Waals surface area contributed by atoms with Crippen LogP contribution in [0.5, 0.6) is 0 Å². The Balaban J connectivity index is 0.00000121. The van der Waals surface area contributed by atoms with Gasteiger partial charge >= 0.3 is 0 Å². The van der Waals surface area contributed by atoms with Crippen LogP contribution in [0, 0.1) is 10.1 Å². The first-order chi connectivity index (χ1) is 5.24. The van der Waals surface area contributed by atoms with Gasteiger partial charge in [-0.25, -0.2) is 0 Å². The first kappa shape index (κ1) is 10.7. The summed E-state index contributed by atoms with van der Waals surface area (Å²) in [6.07, 6.45) is 0. The average molecular weight is 189 g/mol.